The van der Waals surface area contributed by atoms with E-state index in [4.69, 9.17) is 9.72 Å². The van der Waals surface area contributed by atoms with E-state index in [2.05, 4.69) is 0 Å². The van der Waals surface area contributed by atoms with E-state index in [1.807, 2.05) is 32.8 Å². The molecule has 0 aromatic carbocycles. The standard InChI is InChI=1S/C20H29N3O3S/c1-6-12(2)26-20(25)13(3)23-16(11-22(4)5)21-18-17(19(23)24)14-9-7-8-10-15(14)27-18/h12-13H,6-11H2,1-5H3. The predicted octanol–water partition coefficient (Wildman–Crippen LogP) is 3.30. The van der Waals surface area contributed by atoms with Gasteiger partial charge in [0.2, 0.25) is 0 Å². The van der Waals surface area contributed by atoms with Crippen molar-refractivity contribution in [2.45, 2.75) is 71.6 Å². The summed E-state index contributed by atoms with van der Waals surface area (Å²) in [5, 5.41) is 0.709. The van der Waals surface area contributed by atoms with Gasteiger partial charge in [0.05, 0.1) is 18.0 Å². The first kappa shape index (κ1) is 20.0. The van der Waals surface area contributed by atoms with Gasteiger partial charge in [-0.2, -0.15) is 0 Å². The molecule has 6 nitrogen and oxygen atoms in total. The lowest BCUT2D eigenvalue weighted by Crippen LogP contribution is -2.35. The van der Waals surface area contributed by atoms with Gasteiger partial charge < -0.3 is 9.64 Å². The molecule has 3 rings (SSSR count). The number of aryl methyl sites for hydroxylation is 2. The number of carbonyl (C=O) groups is 1. The summed E-state index contributed by atoms with van der Waals surface area (Å²) in [5.41, 5.74) is 1.04. The first-order valence-corrected chi connectivity index (χ1v) is 10.6. The lowest BCUT2D eigenvalue weighted by molar-refractivity contribution is -0.152. The smallest absolute Gasteiger partial charge is 0.329 e. The van der Waals surface area contributed by atoms with Crippen LogP contribution in [0.15, 0.2) is 4.79 Å². The van der Waals surface area contributed by atoms with Gasteiger partial charge in [-0.3, -0.25) is 9.36 Å². The van der Waals surface area contributed by atoms with Gasteiger partial charge in [0.15, 0.2) is 0 Å². The van der Waals surface area contributed by atoms with Crippen LogP contribution in [-0.2, 0) is 28.9 Å². The summed E-state index contributed by atoms with van der Waals surface area (Å²) < 4.78 is 7.05. The minimum atomic E-state index is -0.697. The Labute approximate surface area is 164 Å². The number of esters is 1. The number of hydrogen-bond acceptors (Lipinski definition) is 6. The Morgan fingerprint density at radius 3 is 2.67 bits per heavy atom. The first-order valence-electron chi connectivity index (χ1n) is 9.74. The second-order valence-corrected chi connectivity index (χ2v) is 8.75. The average Bonchev–Trinajstić information content (AvgIpc) is 2.99. The van der Waals surface area contributed by atoms with E-state index >= 15 is 0 Å². The lowest BCUT2D eigenvalue weighted by Gasteiger charge is -2.22. The SMILES string of the molecule is CCC(C)OC(=O)C(C)n1c(CN(C)C)nc2sc3c(c2c1=O)CCCC3. The number of hydrogen-bond donors (Lipinski definition) is 0. The number of aromatic nitrogens is 2. The third-order valence-electron chi connectivity index (χ3n) is 5.17. The van der Waals surface area contributed by atoms with Crippen molar-refractivity contribution in [1.82, 2.24) is 14.5 Å². The summed E-state index contributed by atoms with van der Waals surface area (Å²) in [6, 6.07) is -0.697. The molecular weight excluding hydrogens is 362 g/mol. The maximum Gasteiger partial charge on any atom is 0.329 e. The topological polar surface area (TPSA) is 64.4 Å². The van der Waals surface area contributed by atoms with E-state index in [1.165, 1.54) is 4.88 Å². The Morgan fingerprint density at radius 2 is 2.00 bits per heavy atom. The molecular formula is C20H29N3O3S. The second-order valence-electron chi connectivity index (χ2n) is 7.66. The molecule has 1 aliphatic carbocycles. The van der Waals surface area contributed by atoms with Crippen LogP contribution in [0.2, 0.25) is 0 Å². The number of carbonyl (C=O) groups excluding carboxylic acids is 1. The number of rotatable bonds is 6. The fraction of sp³-hybridized carbons (Fsp3) is 0.650. The molecule has 0 radical (unpaired) electrons. The van der Waals surface area contributed by atoms with Crippen LogP contribution >= 0.6 is 11.3 Å². The van der Waals surface area contributed by atoms with Crippen LogP contribution in [0.1, 0.15) is 62.3 Å². The molecule has 0 N–H and O–H groups in total. The average molecular weight is 392 g/mol. The highest BCUT2D eigenvalue weighted by molar-refractivity contribution is 7.18. The molecule has 0 aliphatic heterocycles. The number of thiophene rings is 1. The van der Waals surface area contributed by atoms with Crippen LogP contribution in [0.4, 0.5) is 0 Å². The quantitative estimate of drug-likeness (QED) is 0.707. The third-order valence-corrected chi connectivity index (χ3v) is 6.36. The highest BCUT2D eigenvalue weighted by Crippen LogP contribution is 2.34. The fourth-order valence-electron chi connectivity index (χ4n) is 3.54. The van der Waals surface area contributed by atoms with E-state index < -0.39 is 6.04 Å². The molecule has 2 unspecified atom stereocenters. The molecule has 0 saturated heterocycles. The van der Waals surface area contributed by atoms with Gasteiger partial charge >= 0.3 is 5.97 Å². The van der Waals surface area contributed by atoms with Gasteiger partial charge in [-0.25, -0.2) is 9.78 Å². The molecule has 2 aromatic heterocycles. The van der Waals surface area contributed by atoms with Crippen molar-refractivity contribution in [3.05, 3.63) is 26.6 Å². The van der Waals surface area contributed by atoms with Crippen molar-refractivity contribution >= 4 is 27.5 Å². The molecule has 0 spiro atoms. The van der Waals surface area contributed by atoms with E-state index in [0.717, 1.165) is 42.5 Å². The highest BCUT2D eigenvalue weighted by Gasteiger charge is 2.27. The van der Waals surface area contributed by atoms with Gasteiger partial charge in [0, 0.05) is 4.88 Å². The van der Waals surface area contributed by atoms with Gasteiger partial charge in [-0.15, -0.1) is 11.3 Å². The Balaban J connectivity index is 2.14. The monoisotopic (exact) mass is 391 g/mol. The van der Waals surface area contributed by atoms with Gasteiger partial charge in [-0.05, 0) is 65.6 Å². The number of nitrogens with zero attached hydrogens (tertiary/aromatic N) is 3. The zero-order chi connectivity index (χ0) is 19.7. The molecule has 0 amide bonds. The lowest BCUT2D eigenvalue weighted by atomic mass is 9.97. The summed E-state index contributed by atoms with van der Waals surface area (Å²) in [5.74, 6) is 0.237. The summed E-state index contributed by atoms with van der Waals surface area (Å²) in [4.78, 5) is 35.0. The van der Waals surface area contributed by atoms with Crippen LogP contribution < -0.4 is 5.56 Å². The maximum absolute atomic E-state index is 13.5. The van der Waals surface area contributed by atoms with E-state index in [0.29, 0.717) is 17.8 Å². The molecule has 2 heterocycles. The van der Waals surface area contributed by atoms with Crippen molar-refractivity contribution in [2.24, 2.45) is 0 Å². The number of fused-ring (bicyclic) bond motifs is 3. The fourth-order valence-corrected chi connectivity index (χ4v) is 4.81. The summed E-state index contributed by atoms with van der Waals surface area (Å²) in [6.07, 6.45) is 4.78. The zero-order valence-corrected chi connectivity index (χ0v) is 17.7. The van der Waals surface area contributed by atoms with E-state index in [9.17, 15) is 9.59 Å². The largest absolute Gasteiger partial charge is 0.461 e. The van der Waals surface area contributed by atoms with Crippen molar-refractivity contribution in [1.29, 1.82) is 0 Å². The molecule has 2 atom stereocenters. The minimum absolute atomic E-state index is 0.107. The van der Waals surface area contributed by atoms with E-state index in [1.54, 1.807) is 22.8 Å². The first-order chi connectivity index (χ1) is 12.8. The molecule has 27 heavy (non-hydrogen) atoms. The molecule has 0 fully saturated rings. The van der Waals surface area contributed by atoms with Crippen molar-refractivity contribution in [2.75, 3.05) is 14.1 Å². The maximum atomic E-state index is 13.5. The van der Waals surface area contributed by atoms with Gasteiger partial charge in [-0.1, -0.05) is 6.92 Å². The summed E-state index contributed by atoms with van der Waals surface area (Å²) in [6.45, 7) is 6.06. The van der Waals surface area contributed by atoms with Crippen molar-refractivity contribution in [3.8, 4) is 0 Å². The Kier molecular flexibility index (Phi) is 6.01. The second kappa shape index (κ2) is 8.10. The molecule has 148 valence electrons. The van der Waals surface area contributed by atoms with Crippen LogP contribution in [0.5, 0.6) is 0 Å². The Morgan fingerprint density at radius 1 is 1.30 bits per heavy atom. The summed E-state index contributed by atoms with van der Waals surface area (Å²) in [7, 11) is 3.87. The summed E-state index contributed by atoms with van der Waals surface area (Å²) >= 11 is 1.64. The Bertz CT molecular complexity index is 900. The molecule has 7 heteroatoms. The zero-order valence-electron chi connectivity index (χ0n) is 16.9. The van der Waals surface area contributed by atoms with Crippen molar-refractivity contribution < 1.29 is 9.53 Å². The van der Waals surface area contributed by atoms with Crippen LogP contribution in [0, 0.1) is 0 Å². The van der Waals surface area contributed by atoms with Gasteiger partial charge in [0.1, 0.15) is 16.7 Å². The van der Waals surface area contributed by atoms with Crippen LogP contribution in [0.3, 0.4) is 0 Å². The predicted molar refractivity (Wildman–Crippen MR) is 108 cm³/mol. The van der Waals surface area contributed by atoms with Crippen LogP contribution in [-0.4, -0.2) is 40.6 Å². The molecule has 1 aliphatic rings. The Hall–Kier alpha value is -1.73. The highest BCUT2D eigenvalue weighted by atomic mass is 32.1. The number of ether oxygens (including phenoxy) is 1. The minimum Gasteiger partial charge on any atom is -0.461 e. The van der Waals surface area contributed by atoms with Gasteiger partial charge in [0.25, 0.3) is 5.56 Å². The molecule has 0 saturated carbocycles. The normalized spacial score (nSPS) is 16.4. The van der Waals surface area contributed by atoms with E-state index in [-0.39, 0.29) is 17.6 Å². The molecule has 0 bridgehead atoms. The third kappa shape index (κ3) is 3.94. The van der Waals surface area contributed by atoms with Crippen LogP contribution in [0.25, 0.3) is 10.2 Å². The van der Waals surface area contributed by atoms with Crippen molar-refractivity contribution in [3.63, 3.8) is 0 Å². The molecule has 2 aromatic rings.